The van der Waals surface area contributed by atoms with Crippen LogP contribution < -0.4 is 0 Å². The molecule has 0 unspecified atom stereocenters. The largest absolute Gasteiger partial charge is 0.329 e. The fraction of sp³-hybridized carbons (Fsp3) is 0.467. The molecule has 2 fully saturated rings. The molecule has 6 heteroatoms. The molecule has 108 valence electrons. The van der Waals surface area contributed by atoms with Gasteiger partial charge in [0, 0.05) is 30.9 Å². The van der Waals surface area contributed by atoms with Crippen molar-refractivity contribution in [1.29, 1.82) is 0 Å². The summed E-state index contributed by atoms with van der Waals surface area (Å²) in [7, 11) is 0. The number of carbonyl (C=O) groups excluding carboxylic acids is 1. The van der Waals surface area contributed by atoms with Gasteiger partial charge in [0.2, 0.25) is 5.82 Å². The van der Waals surface area contributed by atoms with Crippen LogP contribution in [0.3, 0.4) is 0 Å². The van der Waals surface area contributed by atoms with Crippen LogP contribution in [0.4, 0.5) is 0 Å². The average molecular weight is 283 g/mol. The van der Waals surface area contributed by atoms with Crippen molar-refractivity contribution in [1.82, 2.24) is 25.1 Å². The summed E-state index contributed by atoms with van der Waals surface area (Å²) in [5, 5.41) is 7.02. The Morgan fingerprint density at radius 2 is 2.00 bits per heavy atom. The third-order valence-corrected chi connectivity index (χ3v) is 4.01. The van der Waals surface area contributed by atoms with Crippen molar-refractivity contribution in [3.63, 3.8) is 0 Å². The van der Waals surface area contributed by atoms with E-state index in [1.807, 2.05) is 17.0 Å². The van der Waals surface area contributed by atoms with E-state index < -0.39 is 0 Å². The highest BCUT2D eigenvalue weighted by Gasteiger charge is 2.35. The summed E-state index contributed by atoms with van der Waals surface area (Å²) >= 11 is 0. The minimum atomic E-state index is -0.0718. The highest BCUT2D eigenvalue weighted by molar-refractivity contribution is 5.90. The number of pyridine rings is 1. The quantitative estimate of drug-likeness (QED) is 0.909. The second-order valence-corrected chi connectivity index (χ2v) is 5.84. The Hall–Kier alpha value is -2.24. The fourth-order valence-corrected chi connectivity index (χ4v) is 2.48. The lowest BCUT2D eigenvalue weighted by Gasteiger charge is -2.20. The van der Waals surface area contributed by atoms with Gasteiger partial charge >= 0.3 is 0 Å². The van der Waals surface area contributed by atoms with Crippen LogP contribution in [-0.2, 0) is 6.54 Å². The summed E-state index contributed by atoms with van der Waals surface area (Å²) in [5.41, 5.74) is 1.09. The highest BCUT2D eigenvalue weighted by Crippen LogP contribution is 2.38. The molecule has 2 aliphatic carbocycles. The molecule has 0 saturated heterocycles. The molecule has 4 rings (SSSR count). The molecule has 2 aromatic heterocycles. The minimum absolute atomic E-state index is 0.0718. The lowest BCUT2D eigenvalue weighted by molar-refractivity contribution is 0.0717. The Morgan fingerprint density at radius 3 is 2.67 bits per heavy atom. The van der Waals surface area contributed by atoms with Gasteiger partial charge in [0.25, 0.3) is 5.91 Å². The number of aromatic nitrogens is 4. The summed E-state index contributed by atoms with van der Waals surface area (Å²) in [4.78, 5) is 22.9. The van der Waals surface area contributed by atoms with Crippen LogP contribution in [0.1, 0.15) is 53.6 Å². The number of hydrogen-bond donors (Lipinski definition) is 1. The van der Waals surface area contributed by atoms with Crippen molar-refractivity contribution in [2.45, 2.75) is 44.2 Å². The highest BCUT2D eigenvalue weighted by atomic mass is 16.2. The van der Waals surface area contributed by atoms with Gasteiger partial charge < -0.3 is 4.90 Å². The second-order valence-electron chi connectivity index (χ2n) is 5.84. The van der Waals surface area contributed by atoms with Crippen molar-refractivity contribution in [2.24, 2.45) is 0 Å². The maximum atomic E-state index is 12.7. The molecule has 0 radical (unpaired) electrons. The first-order valence-electron chi connectivity index (χ1n) is 7.43. The van der Waals surface area contributed by atoms with Crippen LogP contribution in [0.25, 0.3) is 0 Å². The average Bonchev–Trinajstić information content (AvgIpc) is 3.44. The Bertz CT molecular complexity index is 645. The number of rotatable bonds is 5. The van der Waals surface area contributed by atoms with E-state index in [1.54, 1.807) is 12.4 Å². The van der Waals surface area contributed by atoms with Gasteiger partial charge in [0.1, 0.15) is 5.82 Å². The van der Waals surface area contributed by atoms with Gasteiger partial charge in [-0.25, -0.2) is 4.98 Å². The van der Waals surface area contributed by atoms with Crippen LogP contribution in [0.5, 0.6) is 0 Å². The van der Waals surface area contributed by atoms with Gasteiger partial charge in [-0.15, -0.1) is 5.10 Å². The van der Waals surface area contributed by atoms with Crippen LogP contribution in [0, 0.1) is 0 Å². The molecule has 2 heterocycles. The fourth-order valence-electron chi connectivity index (χ4n) is 2.48. The number of nitrogens with zero attached hydrogens (tertiary/aromatic N) is 4. The van der Waals surface area contributed by atoms with Crippen molar-refractivity contribution in [3.05, 3.63) is 41.7 Å². The normalized spacial score (nSPS) is 17.7. The van der Waals surface area contributed by atoms with Crippen molar-refractivity contribution >= 4 is 5.91 Å². The molecular weight excluding hydrogens is 266 g/mol. The predicted octanol–water partition coefficient (Wildman–Crippen LogP) is 1.88. The zero-order valence-electron chi connectivity index (χ0n) is 11.7. The summed E-state index contributed by atoms with van der Waals surface area (Å²) < 4.78 is 0. The molecule has 0 aromatic carbocycles. The molecule has 6 nitrogen and oxygen atoms in total. The van der Waals surface area contributed by atoms with Gasteiger partial charge in [-0.3, -0.25) is 14.9 Å². The topological polar surface area (TPSA) is 74.8 Å². The SMILES string of the molecule is O=C(c1n[nH]c(C2CC2)n1)N(Cc1ccncc1)C1CC1. The molecule has 1 N–H and O–H groups in total. The number of hydrogen-bond acceptors (Lipinski definition) is 4. The van der Waals surface area contributed by atoms with Crippen LogP contribution in [0.2, 0.25) is 0 Å². The van der Waals surface area contributed by atoms with Crippen molar-refractivity contribution in [3.8, 4) is 0 Å². The number of aromatic amines is 1. The first-order valence-corrected chi connectivity index (χ1v) is 7.43. The van der Waals surface area contributed by atoms with Gasteiger partial charge in [-0.05, 0) is 43.4 Å². The zero-order chi connectivity index (χ0) is 14.2. The molecular formula is C15H17N5O. The number of carbonyl (C=O) groups is 1. The van der Waals surface area contributed by atoms with Crippen LogP contribution >= 0.6 is 0 Å². The maximum Gasteiger partial charge on any atom is 0.294 e. The number of H-pyrrole nitrogens is 1. The van der Waals surface area contributed by atoms with Gasteiger partial charge in [0.15, 0.2) is 0 Å². The molecule has 2 aliphatic rings. The van der Waals surface area contributed by atoms with E-state index in [0.29, 0.717) is 24.3 Å². The molecule has 21 heavy (non-hydrogen) atoms. The van der Waals surface area contributed by atoms with Gasteiger partial charge in [-0.2, -0.15) is 0 Å². The molecule has 2 saturated carbocycles. The molecule has 0 atom stereocenters. The lowest BCUT2D eigenvalue weighted by atomic mass is 10.2. The molecule has 1 amide bonds. The summed E-state index contributed by atoms with van der Waals surface area (Å²) in [6.07, 6.45) is 7.93. The lowest BCUT2D eigenvalue weighted by Crippen LogP contribution is -2.33. The van der Waals surface area contributed by atoms with Gasteiger partial charge in [0.05, 0.1) is 0 Å². The zero-order valence-corrected chi connectivity index (χ0v) is 11.7. The van der Waals surface area contributed by atoms with Crippen LogP contribution in [0.15, 0.2) is 24.5 Å². The monoisotopic (exact) mass is 283 g/mol. The van der Waals surface area contributed by atoms with E-state index in [-0.39, 0.29) is 5.91 Å². The van der Waals surface area contributed by atoms with E-state index in [4.69, 9.17) is 0 Å². The van der Waals surface area contributed by atoms with Crippen molar-refractivity contribution in [2.75, 3.05) is 0 Å². The van der Waals surface area contributed by atoms with E-state index in [2.05, 4.69) is 20.2 Å². The number of nitrogens with one attached hydrogen (secondary N) is 1. The third kappa shape index (κ3) is 2.66. The predicted molar refractivity (Wildman–Crippen MR) is 75.5 cm³/mol. The third-order valence-electron chi connectivity index (χ3n) is 4.01. The Labute approximate surface area is 122 Å². The van der Waals surface area contributed by atoms with E-state index in [1.165, 1.54) is 0 Å². The Kier molecular flexibility index (Phi) is 2.94. The van der Waals surface area contributed by atoms with E-state index in [9.17, 15) is 4.79 Å². The number of amides is 1. The first kappa shape index (κ1) is 12.5. The smallest absolute Gasteiger partial charge is 0.294 e. The molecule has 2 aromatic rings. The van der Waals surface area contributed by atoms with Crippen LogP contribution in [-0.4, -0.2) is 37.0 Å². The first-order chi connectivity index (χ1) is 10.3. The Balaban J connectivity index is 1.53. The van der Waals surface area contributed by atoms with Gasteiger partial charge in [-0.1, -0.05) is 0 Å². The summed E-state index contributed by atoms with van der Waals surface area (Å²) in [5.74, 6) is 1.57. The summed E-state index contributed by atoms with van der Waals surface area (Å²) in [6, 6.07) is 4.21. The second kappa shape index (κ2) is 4.95. The van der Waals surface area contributed by atoms with Crippen molar-refractivity contribution < 1.29 is 4.79 Å². The minimum Gasteiger partial charge on any atom is -0.329 e. The molecule has 0 bridgehead atoms. The summed E-state index contributed by atoms with van der Waals surface area (Å²) in [6.45, 7) is 0.597. The Morgan fingerprint density at radius 1 is 1.24 bits per heavy atom. The standard InChI is InChI=1S/C15H17N5O/c21-15(14-17-13(18-19-14)11-1-2-11)20(12-3-4-12)9-10-5-7-16-8-6-10/h5-8,11-12H,1-4,9H2,(H,17,18,19). The molecule has 0 aliphatic heterocycles. The van der Waals surface area contributed by atoms with E-state index >= 15 is 0 Å². The molecule has 0 spiro atoms. The van der Waals surface area contributed by atoms with E-state index in [0.717, 1.165) is 37.1 Å². The maximum absolute atomic E-state index is 12.7.